The van der Waals surface area contributed by atoms with E-state index in [4.69, 9.17) is 13.8 Å². The normalized spacial score (nSPS) is 13.8. The number of esters is 1. The smallest absolute Gasteiger partial charge is 0.375 e. The molecule has 0 saturated heterocycles. The number of rotatable bonds is 7. The third kappa shape index (κ3) is 6.01. The Morgan fingerprint density at radius 3 is 1.82 bits per heavy atom. The molecule has 0 aromatic heterocycles. The van der Waals surface area contributed by atoms with Crippen LogP contribution >= 0.6 is 7.60 Å². The monoisotopic (exact) mass is 264 g/mol. The molecule has 0 bridgehead atoms. The van der Waals surface area contributed by atoms with E-state index in [0.29, 0.717) is 0 Å². The van der Waals surface area contributed by atoms with E-state index >= 15 is 0 Å². The van der Waals surface area contributed by atoms with Gasteiger partial charge in [0.25, 0.3) is 0 Å². The highest BCUT2D eigenvalue weighted by Gasteiger charge is 2.38. The van der Waals surface area contributed by atoms with E-state index in [2.05, 4.69) is 6.58 Å². The molecule has 0 aliphatic heterocycles. The van der Waals surface area contributed by atoms with E-state index in [1.807, 2.05) is 0 Å². The third-order valence-electron chi connectivity index (χ3n) is 1.52. The van der Waals surface area contributed by atoms with E-state index in [0.717, 1.165) is 0 Å². The first-order chi connectivity index (χ1) is 7.71. The lowest BCUT2D eigenvalue weighted by atomic mass is 10.5. The maximum absolute atomic E-state index is 12.5. The van der Waals surface area contributed by atoms with Gasteiger partial charge in [-0.3, -0.25) is 9.36 Å². The van der Waals surface area contributed by atoms with Gasteiger partial charge in [-0.1, -0.05) is 6.58 Å². The predicted octanol–water partition coefficient (Wildman–Crippen LogP) is 3.10. The first-order valence-corrected chi connectivity index (χ1v) is 7.08. The van der Waals surface area contributed by atoms with Gasteiger partial charge in [-0.15, -0.1) is 0 Å². The number of carbonyl (C=O) groups is 1. The summed E-state index contributed by atoms with van der Waals surface area (Å²) >= 11 is 0. The van der Waals surface area contributed by atoms with E-state index < -0.39 is 19.4 Å². The molecule has 0 spiro atoms. The quantitative estimate of drug-likeness (QED) is 0.401. The fraction of sp³-hybridized carbons (Fsp3) is 0.727. The Morgan fingerprint density at radius 1 is 1.18 bits per heavy atom. The molecule has 1 atom stereocenters. The molecule has 6 heteroatoms. The fourth-order valence-electron chi connectivity index (χ4n) is 1.14. The molecule has 0 aromatic carbocycles. The van der Waals surface area contributed by atoms with Crippen LogP contribution in [0.25, 0.3) is 0 Å². The van der Waals surface area contributed by atoms with Crippen molar-refractivity contribution in [2.75, 3.05) is 0 Å². The second-order valence-electron chi connectivity index (χ2n) is 4.08. The van der Waals surface area contributed by atoms with Gasteiger partial charge in [0.2, 0.25) is 5.85 Å². The van der Waals surface area contributed by atoms with Crippen molar-refractivity contribution in [1.29, 1.82) is 0 Å². The van der Waals surface area contributed by atoms with Crippen molar-refractivity contribution >= 4 is 13.6 Å². The molecule has 0 radical (unpaired) electrons. The van der Waals surface area contributed by atoms with Crippen molar-refractivity contribution in [2.24, 2.45) is 0 Å². The van der Waals surface area contributed by atoms with Crippen LogP contribution in [-0.2, 0) is 23.1 Å². The van der Waals surface area contributed by atoms with Crippen molar-refractivity contribution in [3.63, 3.8) is 0 Å². The zero-order valence-electron chi connectivity index (χ0n) is 11.0. The van der Waals surface area contributed by atoms with Gasteiger partial charge in [-0.2, -0.15) is 0 Å². The SMILES string of the molecule is C=CC(OC(C)=O)P(=O)(OC(C)C)OC(C)C. The number of carbonyl (C=O) groups excluding carboxylic acids is 1. The molecule has 0 aliphatic rings. The van der Waals surface area contributed by atoms with Crippen LogP contribution in [0.4, 0.5) is 0 Å². The van der Waals surface area contributed by atoms with Crippen LogP contribution in [0, 0.1) is 0 Å². The van der Waals surface area contributed by atoms with Crippen LogP contribution in [-0.4, -0.2) is 24.0 Å². The van der Waals surface area contributed by atoms with Crippen LogP contribution in [0.1, 0.15) is 34.6 Å². The molecular formula is C11H21O5P. The summed E-state index contributed by atoms with van der Waals surface area (Å²) in [5.41, 5.74) is 0. The largest absolute Gasteiger partial charge is 0.445 e. The lowest BCUT2D eigenvalue weighted by Gasteiger charge is -2.27. The summed E-state index contributed by atoms with van der Waals surface area (Å²) in [6.45, 7) is 11.6. The summed E-state index contributed by atoms with van der Waals surface area (Å²) in [5.74, 6) is -1.64. The lowest BCUT2D eigenvalue weighted by molar-refractivity contribution is -0.142. The molecule has 1 unspecified atom stereocenters. The topological polar surface area (TPSA) is 61.8 Å². The van der Waals surface area contributed by atoms with Crippen molar-refractivity contribution in [3.8, 4) is 0 Å². The molecule has 17 heavy (non-hydrogen) atoms. The summed E-state index contributed by atoms with van der Waals surface area (Å²) in [4.78, 5) is 10.9. The van der Waals surface area contributed by atoms with Gasteiger partial charge in [0.15, 0.2) is 0 Å². The molecule has 5 nitrogen and oxygen atoms in total. The fourth-order valence-corrected chi connectivity index (χ4v) is 3.15. The molecule has 100 valence electrons. The van der Waals surface area contributed by atoms with Crippen LogP contribution in [0.2, 0.25) is 0 Å². The highest BCUT2D eigenvalue weighted by Crippen LogP contribution is 2.55. The minimum atomic E-state index is -3.56. The highest BCUT2D eigenvalue weighted by atomic mass is 31.2. The summed E-state index contributed by atoms with van der Waals surface area (Å²) in [7, 11) is -3.56. The van der Waals surface area contributed by atoms with Gasteiger partial charge in [0.05, 0.1) is 12.2 Å². The molecule has 0 saturated carbocycles. The third-order valence-corrected chi connectivity index (χ3v) is 3.89. The Kier molecular flexibility index (Phi) is 6.68. The van der Waals surface area contributed by atoms with Crippen LogP contribution < -0.4 is 0 Å². The molecule has 0 fully saturated rings. The van der Waals surface area contributed by atoms with E-state index in [1.54, 1.807) is 27.7 Å². The Hall–Kier alpha value is -0.640. The number of hydrogen-bond donors (Lipinski definition) is 0. The molecular weight excluding hydrogens is 243 g/mol. The zero-order valence-corrected chi connectivity index (χ0v) is 11.9. The van der Waals surface area contributed by atoms with E-state index in [-0.39, 0.29) is 12.2 Å². The van der Waals surface area contributed by atoms with Crippen molar-refractivity contribution in [2.45, 2.75) is 52.7 Å². The molecule has 0 heterocycles. The zero-order chi connectivity index (χ0) is 13.6. The summed E-state index contributed by atoms with van der Waals surface area (Å²) in [6, 6.07) is 0. The maximum Gasteiger partial charge on any atom is 0.375 e. The predicted molar refractivity (Wildman–Crippen MR) is 65.8 cm³/mol. The minimum Gasteiger partial charge on any atom is -0.445 e. The second-order valence-corrected chi connectivity index (χ2v) is 6.09. The van der Waals surface area contributed by atoms with Crippen molar-refractivity contribution < 1.29 is 23.1 Å². The lowest BCUT2D eigenvalue weighted by Crippen LogP contribution is -2.21. The maximum atomic E-state index is 12.5. The van der Waals surface area contributed by atoms with Gasteiger partial charge in [-0.25, -0.2) is 0 Å². The van der Waals surface area contributed by atoms with Gasteiger partial charge in [0, 0.05) is 6.92 Å². The van der Waals surface area contributed by atoms with Crippen molar-refractivity contribution in [3.05, 3.63) is 12.7 Å². The van der Waals surface area contributed by atoms with Crippen LogP contribution in [0.5, 0.6) is 0 Å². The van der Waals surface area contributed by atoms with E-state index in [9.17, 15) is 9.36 Å². The molecule has 0 rings (SSSR count). The van der Waals surface area contributed by atoms with Gasteiger partial charge < -0.3 is 13.8 Å². The Morgan fingerprint density at radius 2 is 1.59 bits per heavy atom. The van der Waals surface area contributed by atoms with Crippen LogP contribution in [0.3, 0.4) is 0 Å². The Balaban J connectivity index is 5.04. The van der Waals surface area contributed by atoms with E-state index in [1.165, 1.54) is 13.0 Å². The summed E-state index contributed by atoms with van der Waals surface area (Å²) < 4.78 is 28.0. The second kappa shape index (κ2) is 6.94. The minimum absolute atomic E-state index is 0.308. The molecule has 0 aliphatic carbocycles. The van der Waals surface area contributed by atoms with Gasteiger partial charge >= 0.3 is 13.6 Å². The number of hydrogen-bond acceptors (Lipinski definition) is 5. The standard InChI is InChI=1S/C11H21O5P/c1-7-11(14-10(6)12)17(13,15-8(2)3)16-9(4)5/h7-9,11H,1H2,2-6H3. The molecule has 0 aromatic rings. The first kappa shape index (κ1) is 16.4. The summed E-state index contributed by atoms with van der Waals surface area (Å²) in [6.07, 6.45) is 0.641. The van der Waals surface area contributed by atoms with Crippen LogP contribution in [0.15, 0.2) is 12.7 Å². The average molecular weight is 264 g/mol. The number of ether oxygens (including phenoxy) is 1. The summed E-state index contributed by atoms with van der Waals surface area (Å²) in [5, 5.41) is 0. The first-order valence-electron chi connectivity index (χ1n) is 5.47. The van der Waals surface area contributed by atoms with Gasteiger partial charge in [-0.05, 0) is 33.8 Å². The highest BCUT2D eigenvalue weighted by molar-refractivity contribution is 7.54. The Bertz CT molecular complexity index is 297. The van der Waals surface area contributed by atoms with Gasteiger partial charge in [0.1, 0.15) is 0 Å². The Labute approximate surface area is 103 Å². The average Bonchev–Trinajstić information content (AvgIpc) is 2.10. The molecule has 0 N–H and O–H groups in total. The van der Waals surface area contributed by atoms with Crippen molar-refractivity contribution in [1.82, 2.24) is 0 Å². The molecule has 0 amide bonds.